The number of aryl methyl sites for hydroxylation is 4. The van der Waals surface area contributed by atoms with E-state index in [1.807, 2.05) is 10.4 Å². The van der Waals surface area contributed by atoms with Crippen LogP contribution in [0.25, 0.3) is 34.4 Å². The molecule has 1 saturated heterocycles. The Morgan fingerprint density at radius 1 is 0.520 bits per heavy atom. The molecule has 50 heavy (non-hydrogen) atoms. The molecule has 0 amide bonds. The number of benzene rings is 4. The van der Waals surface area contributed by atoms with E-state index in [-0.39, 0.29) is 0 Å². The van der Waals surface area contributed by atoms with Crippen LogP contribution in [0.4, 0.5) is 0 Å². The molecular formula is C48H60HfSi. The SMILES string of the molecule is CCCCCC[Si]1(CCCCCC)C2=Cc3c(-c4cc(C)cc(C)c4)cccc3[CH]2[Hf]([CH3])([CH3])[CH]2C1=Cc1c(-c3cc(C)cc(C)c3)cccc12. The van der Waals surface area contributed by atoms with Crippen LogP contribution in [0.2, 0.25) is 21.4 Å². The van der Waals surface area contributed by atoms with Crippen LogP contribution in [0.5, 0.6) is 0 Å². The second kappa shape index (κ2) is 14.5. The Balaban J connectivity index is 1.47. The fourth-order valence-electron chi connectivity index (χ4n) is 10.7. The Morgan fingerprint density at radius 2 is 0.920 bits per heavy atom. The normalized spacial score (nSPS) is 19.4. The Morgan fingerprint density at radius 3 is 1.30 bits per heavy atom. The van der Waals surface area contributed by atoms with E-state index in [1.54, 1.807) is 22.3 Å². The van der Waals surface area contributed by atoms with Gasteiger partial charge in [0.15, 0.2) is 0 Å². The molecule has 2 atom stereocenters. The van der Waals surface area contributed by atoms with Crippen LogP contribution in [0, 0.1) is 27.7 Å². The van der Waals surface area contributed by atoms with Gasteiger partial charge in [-0.2, -0.15) is 0 Å². The molecular weight excluding hydrogens is 783 g/mol. The van der Waals surface area contributed by atoms with E-state index in [0.717, 1.165) is 0 Å². The maximum absolute atomic E-state index is 3.15. The third kappa shape index (κ3) is 6.29. The Hall–Kier alpha value is -2.55. The summed E-state index contributed by atoms with van der Waals surface area (Å²) >= 11 is -3.15. The molecule has 0 saturated carbocycles. The summed E-state index contributed by atoms with van der Waals surface area (Å²) in [7, 11) is -2.04. The topological polar surface area (TPSA) is 0 Å². The van der Waals surface area contributed by atoms with Gasteiger partial charge in [-0.05, 0) is 0 Å². The average Bonchev–Trinajstić information content (AvgIpc) is 3.68. The third-order valence-electron chi connectivity index (χ3n) is 12.7. The molecule has 260 valence electrons. The van der Waals surface area contributed by atoms with Crippen molar-refractivity contribution in [2.45, 2.75) is 122 Å². The van der Waals surface area contributed by atoms with Crippen molar-refractivity contribution in [1.82, 2.24) is 0 Å². The Kier molecular flexibility index (Phi) is 10.4. The summed E-state index contributed by atoms with van der Waals surface area (Å²) in [5.74, 6) is 0. The molecule has 0 bridgehead atoms. The van der Waals surface area contributed by atoms with Gasteiger partial charge in [0.2, 0.25) is 0 Å². The molecule has 0 radical (unpaired) electrons. The van der Waals surface area contributed by atoms with Gasteiger partial charge in [0.25, 0.3) is 0 Å². The van der Waals surface area contributed by atoms with E-state index < -0.39 is 28.0 Å². The van der Waals surface area contributed by atoms with Crippen LogP contribution < -0.4 is 0 Å². The number of fused-ring (bicyclic) bond motifs is 6. The van der Waals surface area contributed by atoms with Gasteiger partial charge in [-0.25, -0.2) is 0 Å². The van der Waals surface area contributed by atoms with E-state index in [1.165, 1.54) is 108 Å². The van der Waals surface area contributed by atoms with Crippen molar-refractivity contribution >= 4 is 20.2 Å². The van der Waals surface area contributed by atoms with E-state index in [2.05, 4.69) is 136 Å². The molecule has 0 spiro atoms. The molecule has 2 heteroatoms. The van der Waals surface area contributed by atoms with Crippen molar-refractivity contribution in [1.29, 1.82) is 0 Å². The molecule has 1 heterocycles. The zero-order valence-corrected chi connectivity index (χ0v) is 36.9. The number of hydrogen-bond donors (Lipinski definition) is 0. The summed E-state index contributed by atoms with van der Waals surface area (Å²) in [5, 5.41) is 3.93. The van der Waals surface area contributed by atoms with E-state index in [0.29, 0.717) is 7.35 Å². The molecule has 4 aromatic rings. The fraction of sp³-hybridized carbons (Fsp3) is 0.417. The van der Waals surface area contributed by atoms with Gasteiger partial charge >= 0.3 is 312 Å². The van der Waals surface area contributed by atoms with Gasteiger partial charge < -0.3 is 0 Å². The summed E-state index contributed by atoms with van der Waals surface area (Å²) < 4.78 is 7.08. The van der Waals surface area contributed by atoms with Crippen molar-refractivity contribution in [2.75, 3.05) is 0 Å². The quantitative estimate of drug-likeness (QED) is 0.0985. The molecule has 0 aromatic heterocycles. The molecule has 7 rings (SSSR count). The van der Waals surface area contributed by atoms with Crippen molar-refractivity contribution in [3.63, 3.8) is 0 Å². The molecule has 2 aliphatic carbocycles. The maximum atomic E-state index is 2.85. The third-order valence-corrected chi connectivity index (χ3v) is 35.4. The van der Waals surface area contributed by atoms with Crippen molar-refractivity contribution < 1.29 is 20.0 Å². The summed E-state index contributed by atoms with van der Waals surface area (Å²) in [6.45, 7) is 13.8. The molecule has 2 unspecified atom stereocenters. The second-order valence-electron chi connectivity index (χ2n) is 17.0. The minimum absolute atomic E-state index is 0.686. The minimum atomic E-state index is -3.15. The number of rotatable bonds is 12. The summed E-state index contributed by atoms with van der Waals surface area (Å²) in [6, 6.07) is 32.1. The van der Waals surface area contributed by atoms with Gasteiger partial charge in [-0.3, -0.25) is 0 Å². The van der Waals surface area contributed by atoms with Crippen molar-refractivity contribution in [2.24, 2.45) is 0 Å². The molecule has 1 fully saturated rings. The van der Waals surface area contributed by atoms with Crippen LogP contribution in [-0.2, 0) is 20.0 Å². The standard InChI is InChI=1S/C46H54Si.2CH3.Hf/c1-7-9-11-13-21-47(22-14-12-10-8-2,41-29-37-17-15-19-43(45(37)31-41)39-25-33(3)23-34(4)26-39)42-30-38-18-16-20-44(46(38)32-42)40-27-35(5)24-36(6)28-40;;;/h15-20,23-32H,7-14,21-22H2,1-6H3;2*1H3;. The van der Waals surface area contributed by atoms with Gasteiger partial charge in [0.1, 0.15) is 0 Å². The summed E-state index contributed by atoms with van der Waals surface area (Å²) in [6.07, 6.45) is 16.6. The first kappa shape index (κ1) is 35.8. The predicted octanol–water partition coefficient (Wildman–Crippen LogP) is 14.8. The Labute approximate surface area is 309 Å². The van der Waals surface area contributed by atoms with Crippen LogP contribution in [0.3, 0.4) is 0 Å². The van der Waals surface area contributed by atoms with Crippen molar-refractivity contribution in [3.8, 4) is 22.3 Å². The van der Waals surface area contributed by atoms with Crippen LogP contribution >= 0.6 is 0 Å². The summed E-state index contributed by atoms with van der Waals surface area (Å²) in [5.41, 5.74) is 17.8. The molecule has 3 aliphatic rings. The van der Waals surface area contributed by atoms with Gasteiger partial charge in [0.05, 0.1) is 0 Å². The van der Waals surface area contributed by atoms with Gasteiger partial charge in [-0.15, -0.1) is 0 Å². The zero-order valence-electron chi connectivity index (χ0n) is 32.3. The molecule has 1 aliphatic heterocycles. The van der Waals surface area contributed by atoms with E-state index in [4.69, 9.17) is 0 Å². The monoisotopic (exact) mass is 844 g/mol. The number of hydrogen-bond acceptors (Lipinski definition) is 0. The van der Waals surface area contributed by atoms with Gasteiger partial charge in [-0.1, -0.05) is 0 Å². The first-order chi connectivity index (χ1) is 24.1. The zero-order chi connectivity index (χ0) is 35.2. The molecule has 0 N–H and O–H groups in total. The van der Waals surface area contributed by atoms with Crippen LogP contribution in [0.1, 0.15) is 117 Å². The van der Waals surface area contributed by atoms with Crippen LogP contribution in [0.15, 0.2) is 83.2 Å². The summed E-state index contributed by atoms with van der Waals surface area (Å²) in [4.78, 5) is 0. The first-order valence-corrected chi connectivity index (χ1v) is 33.7. The average molecular weight is 844 g/mol. The van der Waals surface area contributed by atoms with E-state index in [9.17, 15) is 0 Å². The first-order valence-electron chi connectivity index (χ1n) is 20.0. The van der Waals surface area contributed by atoms with Crippen LogP contribution in [-0.4, -0.2) is 8.07 Å². The number of unbranched alkanes of at least 4 members (excludes halogenated alkanes) is 6. The number of allylic oxidation sites excluding steroid dienone is 2. The predicted molar refractivity (Wildman–Crippen MR) is 220 cm³/mol. The molecule has 0 nitrogen and oxygen atoms in total. The van der Waals surface area contributed by atoms with Crippen molar-refractivity contribution in [3.05, 3.63) is 128 Å². The Bertz CT molecular complexity index is 1790. The fourth-order valence-corrected chi connectivity index (χ4v) is 43.6. The molecule has 4 aromatic carbocycles. The second-order valence-corrected chi connectivity index (χ2v) is 38.5. The van der Waals surface area contributed by atoms with Gasteiger partial charge in [0, 0.05) is 0 Å². The van der Waals surface area contributed by atoms with E-state index >= 15 is 0 Å².